The third-order valence-electron chi connectivity index (χ3n) is 1.73. The van der Waals surface area contributed by atoms with Crippen molar-refractivity contribution in [3.8, 4) is 0 Å². The van der Waals surface area contributed by atoms with E-state index >= 15 is 0 Å². The highest BCUT2D eigenvalue weighted by molar-refractivity contribution is 9.09. The van der Waals surface area contributed by atoms with E-state index < -0.39 is 0 Å². The van der Waals surface area contributed by atoms with Crippen LogP contribution in [0.4, 0.5) is 0 Å². The van der Waals surface area contributed by atoms with Crippen LogP contribution < -0.4 is 5.32 Å². The van der Waals surface area contributed by atoms with Gasteiger partial charge in [0.1, 0.15) is 0 Å². The molecule has 0 aliphatic heterocycles. The maximum atomic E-state index is 3.38. The summed E-state index contributed by atoms with van der Waals surface area (Å²) in [5, 5.41) is 4.44. The molecule has 0 aliphatic carbocycles. The number of hydrogen-bond acceptors (Lipinski definition) is 1. The average molecular weight is 222 g/mol. The third-order valence-corrected chi connectivity index (χ3v) is 2.12. The van der Waals surface area contributed by atoms with Gasteiger partial charge in [-0.3, -0.25) is 0 Å². The van der Waals surface area contributed by atoms with Crippen molar-refractivity contribution in [2.75, 3.05) is 18.4 Å². The largest absolute Gasteiger partial charge is 0.316 e. The van der Waals surface area contributed by atoms with Crippen LogP contribution in [0.2, 0.25) is 0 Å². The van der Waals surface area contributed by atoms with E-state index in [2.05, 4.69) is 28.2 Å². The van der Waals surface area contributed by atoms with E-state index in [0.29, 0.717) is 0 Å². The van der Waals surface area contributed by atoms with E-state index in [1.54, 1.807) is 0 Å². The minimum atomic E-state index is 1.07. The molecular weight excluding hydrogens is 202 g/mol. The van der Waals surface area contributed by atoms with E-state index in [4.69, 9.17) is 0 Å². The van der Waals surface area contributed by atoms with Crippen molar-refractivity contribution in [2.24, 2.45) is 0 Å². The second kappa shape index (κ2) is 10.4. The fourth-order valence-electron chi connectivity index (χ4n) is 1.05. The predicted molar refractivity (Wildman–Crippen MR) is 55.4 cm³/mol. The van der Waals surface area contributed by atoms with Crippen LogP contribution in [-0.4, -0.2) is 18.4 Å². The monoisotopic (exact) mass is 221 g/mol. The van der Waals surface area contributed by atoms with Crippen LogP contribution in [-0.2, 0) is 0 Å². The van der Waals surface area contributed by atoms with Crippen LogP contribution >= 0.6 is 15.9 Å². The van der Waals surface area contributed by atoms with E-state index in [9.17, 15) is 0 Å². The van der Waals surface area contributed by atoms with Crippen molar-refractivity contribution in [2.45, 2.75) is 39.0 Å². The Morgan fingerprint density at radius 3 is 2.36 bits per heavy atom. The zero-order valence-electron chi connectivity index (χ0n) is 7.53. The molecule has 1 nitrogen and oxygen atoms in total. The van der Waals surface area contributed by atoms with Gasteiger partial charge in [-0.05, 0) is 13.0 Å². The minimum absolute atomic E-state index is 1.07. The lowest BCUT2D eigenvalue weighted by atomic mass is 10.1. The molecule has 0 aliphatic rings. The van der Waals surface area contributed by atoms with Gasteiger partial charge in [0, 0.05) is 11.9 Å². The predicted octanol–water partition coefficient (Wildman–Crippen LogP) is 2.94. The summed E-state index contributed by atoms with van der Waals surface area (Å²) in [6, 6.07) is 0. The van der Waals surface area contributed by atoms with Crippen molar-refractivity contribution in [1.82, 2.24) is 5.32 Å². The molecule has 0 saturated carbocycles. The normalized spacial score (nSPS) is 10.4. The van der Waals surface area contributed by atoms with Crippen LogP contribution in [0.3, 0.4) is 0 Å². The molecule has 0 bridgehead atoms. The van der Waals surface area contributed by atoms with E-state index in [1.807, 2.05) is 0 Å². The summed E-state index contributed by atoms with van der Waals surface area (Å²) in [4.78, 5) is 0. The van der Waals surface area contributed by atoms with Crippen LogP contribution in [0.5, 0.6) is 0 Å². The van der Waals surface area contributed by atoms with Crippen LogP contribution in [0.1, 0.15) is 39.0 Å². The molecule has 0 unspecified atom stereocenters. The van der Waals surface area contributed by atoms with Crippen molar-refractivity contribution < 1.29 is 0 Å². The Morgan fingerprint density at radius 2 is 1.73 bits per heavy atom. The first-order valence-electron chi connectivity index (χ1n) is 4.68. The molecule has 0 rings (SSSR count). The van der Waals surface area contributed by atoms with Gasteiger partial charge in [0.05, 0.1) is 0 Å². The molecule has 0 spiro atoms. The SMILES string of the molecule is CCCCCCCNCCBr. The number of unbranched alkanes of at least 4 members (excludes halogenated alkanes) is 4. The van der Waals surface area contributed by atoms with Crippen LogP contribution in [0, 0.1) is 0 Å². The molecule has 11 heavy (non-hydrogen) atoms. The second-order valence-electron chi connectivity index (χ2n) is 2.85. The molecular formula is C9H20BrN. The first-order valence-corrected chi connectivity index (χ1v) is 5.80. The van der Waals surface area contributed by atoms with Crippen LogP contribution in [0.15, 0.2) is 0 Å². The van der Waals surface area contributed by atoms with E-state index in [1.165, 1.54) is 38.6 Å². The van der Waals surface area contributed by atoms with Gasteiger partial charge in [0.2, 0.25) is 0 Å². The molecule has 0 aromatic rings. The summed E-state index contributed by atoms with van der Waals surface area (Å²) in [6.45, 7) is 4.55. The standard InChI is InChI=1S/C9H20BrN/c1-2-3-4-5-6-8-11-9-7-10/h11H,2-9H2,1H3. The fourth-order valence-corrected chi connectivity index (χ4v) is 1.33. The Bertz CT molecular complexity index is 58.6. The van der Waals surface area contributed by atoms with Crippen molar-refractivity contribution >= 4 is 15.9 Å². The molecule has 1 N–H and O–H groups in total. The van der Waals surface area contributed by atoms with Gasteiger partial charge in [-0.25, -0.2) is 0 Å². The quantitative estimate of drug-likeness (QED) is 0.491. The lowest BCUT2D eigenvalue weighted by Crippen LogP contribution is -2.17. The highest BCUT2D eigenvalue weighted by atomic mass is 79.9. The molecule has 68 valence electrons. The van der Waals surface area contributed by atoms with Crippen molar-refractivity contribution in [3.63, 3.8) is 0 Å². The van der Waals surface area contributed by atoms with Crippen LogP contribution in [0.25, 0.3) is 0 Å². The van der Waals surface area contributed by atoms with Gasteiger partial charge in [-0.1, -0.05) is 48.5 Å². The fraction of sp³-hybridized carbons (Fsp3) is 1.00. The zero-order valence-corrected chi connectivity index (χ0v) is 9.12. The van der Waals surface area contributed by atoms with E-state index in [0.717, 1.165) is 11.9 Å². The summed E-state index contributed by atoms with van der Waals surface area (Å²) in [7, 11) is 0. The highest BCUT2D eigenvalue weighted by Gasteiger charge is 1.87. The Balaban J connectivity index is 2.69. The summed E-state index contributed by atoms with van der Waals surface area (Å²) in [5.74, 6) is 0. The smallest absolute Gasteiger partial charge is 0.0157 e. The second-order valence-corrected chi connectivity index (χ2v) is 3.65. The molecule has 0 aromatic heterocycles. The summed E-state index contributed by atoms with van der Waals surface area (Å²) >= 11 is 3.38. The van der Waals surface area contributed by atoms with Gasteiger partial charge >= 0.3 is 0 Å². The maximum Gasteiger partial charge on any atom is 0.0157 e. The molecule has 0 aromatic carbocycles. The maximum absolute atomic E-state index is 3.38. The number of hydrogen-bond donors (Lipinski definition) is 1. The number of rotatable bonds is 8. The number of halogens is 1. The Kier molecular flexibility index (Phi) is 10.9. The Morgan fingerprint density at radius 1 is 1.00 bits per heavy atom. The third kappa shape index (κ3) is 10.4. The first kappa shape index (κ1) is 11.4. The molecule has 0 radical (unpaired) electrons. The minimum Gasteiger partial charge on any atom is -0.316 e. The molecule has 0 atom stereocenters. The summed E-state index contributed by atoms with van der Waals surface area (Å²) in [5.41, 5.74) is 0. The lowest BCUT2D eigenvalue weighted by Gasteiger charge is -2.01. The first-order chi connectivity index (χ1) is 5.41. The Labute approximate surface area is 79.1 Å². The molecule has 2 heteroatoms. The molecule has 0 amide bonds. The molecule has 0 fully saturated rings. The molecule has 0 heterocycles. The number of alkyl halides is 1. The van der Waals surface area contributed by atoms with Gasteiger partial charge < -0.3 is 5.32 Å². The number of nitrogens with one attached hydrogen (secondary N) is 1. The Hall–Kier alpha value is 0.440. The zero-order chi connectivity index (χ0) is 8.36. The summed E-state index contributed by atoms with van der Waals surface area (Å²) < 4.78 is 0. The molecule has 0 saturated heterocycles. The van der Waals surface area contributed by atoms with Gasteiger partial charge in [0.15, 0.2) is 0 Å². The topological polar surface area (TPSA) is 12.0 Å². The van der Waals surface area contributed by atoms with Gasteiger partial charge in [0.25, 0.3) is 0 Å². The van der Waals surface area contributed by atoms with E-state index in [-0.39, 0.29) is 0 Å². The van der Waals surface area contributed by atoms with Crippen molar-refractivity contribution in [1.29, 1.82) is 0 Å². The average Bonchev–Trinajstić information content (AvgIpc) is 2.03. The lowest BCUT2D eigenvalue weighted by molar-refractivity contribution is 0.595. The van der Waals surface area contributed by atoms with Crippen molar-refractivity contribution in [3.05, 3.63) is 0 Å². The summed E-state index contributed by atoms with van der Waals surface area (Å²) in [6.07, 6.45) is 6.88. The van der Waals surface area contributed by atoms with Gasteiger partial charge in [-0.15, -0.1) is 0 Å². The highest BCUT2D eigenvalue weighted by Crippen LogP contribution is 2.00. The van der Waals surface area contributed by atoms with Gasteiger partial charge in [-0.2, -0.15) is 0 Å².